The summed E-state index contributed by atoms with van der Waals surface area (Å²) in [5.41, 5.74) is 1.61. The number of nitrogens with one attached hydrogen (secondary N) is 1. The molecule has 148 valence electrons. The minimum atomic E-state index is -1.05. The van der Waals surface area contributed by atoms with Gasteiger partial charge in [0.15, 0.2) is 0 Å². The van der Waals surface area contributed by atoms with Gasteiger partial charge in [0.25, 0.3) is 0 Å². The molecular weight excluding hydrogens is 368 g/mol. The van der Waals surface area contributed by atoms with Gasteiger partial charge in [-0.3, -0.25) is 9.59 Å². The van der Waals surface area contributed by atoms with E-state index in [1.54, 1.807) is 22.7 Å². The first kappa shape index (κ1) is 21.1. The summed E-state index contributed by atoms with van der Waals surface area (Å²) in [6, 6.07) is 4.59. The van der Waals surface area contributed by atoms with Crippen LogP contribution in [-0.4, -0.2) is 54.1 Å². The van der Waals surface area contributed by atoms with E-state index in [1.807, 2.05) is 26.0 Å². The molecule has 0 aliphatic carbocycles. The van der Waals surface area contributed by atoms with Crippen molar-refractivity contribution in [2.75, 3.05) is 30.1 Å². The van der Waals surface area contributed by atoms with Gasteiger partial charge >= 0.3 is 5.97 Å². The number of amides is 2. The second-order valence-corrected chi connectivity index (χ2v) is 7.86. The maximum atomic E-state index is 12.5. The summed E-state index contributed by atoms with van der Waals surface area (Å²) in [4.78, 5) is 38.0. The summed E-state index contributed by atoms with van der Waals surface area (Å²) >= 11 is 1.63. The number of anilines is 1. The topological polar surface area (TPSA) is 95.9 Å². The number of aliphatic carboxylic acids is 1. The van der Waals surface area contributed by atoms with Crippen molar-refractivity contribution >= 4 is 35.2 Å². The average molecular weight is 394 g/mol. The number of methoxy groups -OCH3 is 1. The van der Waals surface area contributed by atoms with Crippen LogP contribution >= 0.6 is 11.8 Å². The Kier molecular flexibility index (Phi) is 7.53. The van der Waals surface area contributed by atoms with E-state index < -0.39 is 23.8 Å². The number of thioether (sulfide) groups is 1. The zero-order valence-corrected chi connectivity index (χ0v) is 16.7. The fraction of sp³-hybridized carbons (Fsp3) is 0.526. The molecular formula is C19H26N2O5S. The second-order valence-electron chi connectivity index (χ2n) is 6.47. The van der Waals surface area contributed by atoms with Crippen LogP contribution in [0.15, 0.2) is 18.2 Å². The summed E-state index contributed by atoms with van der Waals surface area (Å²) < 4.78 is 5.33. The van der Waals surface area contributed by atoms with Crippen LogP contribution in [0.3, 0.4) is 0 Å². The number of hydrogen-bond acceptors (Lipinski definition) is 5. The molecule has 1 fully saturated rings. The van der Waals surface area contributed by atoms with Gasteiger partial charge < -0.3 is 20.1 Å². The summed E-state index contributed by atoms with van der Waals surface area (Å²) in [6.45, 7) is 4.12. The Bertz CT molecular complexity index is 709. The van der Waals surface area contributed by atoms with Gasteiger partial charge in [0, 0.05) is 13.0 Å². The third-order valence-electron chi connectivity index (χ3n) is 4.49. The van der Waals surface area contributed by atoms with Gasteiger partial charge in [-0.2, -0.15) is 11.8 Å². The zero-order valence-electron chi connectivity index (χ0n) is 15.9. The lowest BCUT2D eigenvalue weighted by molar-refractivity contribution is -0.142. The van der Waals surface area contributed by atoms with Crippen molar-refractivity contribution in [3.63, 3.8) is 0 Å². The highest BCUT2D eigenvalue weighted by Gasteiger charge is 2.37. The van der Waals surface area contributed by atoms with E-state index in [4.69, 9.17) is 4.74 Å². The number of nitrogens with zero attached hydrogens (tertiary/aromatic N) is 1. The lowest BCUT2D eigenvalue weighted by Crippen LogP contribution is -2.44. The van der Waals surface area contributed by atoms with Crippen LogP contribution < -0.4 is 15.0 Å². The molecule has 1 aliphatic rings. The number of carboxylic acids is 1. The quantitative estimate of drug-likeness (QED) is 0.623. The van der Waals surface area contributed by atoms with Crippen molar-refractivity contribution in [3.05, 3.63) is 23.8 Å². The number of carboxylic acid groups (broad SMARTS) is 1. The third kappa shape index (κ3) is 5.38. The predicted octanol–water partition coefficient (Wildman–Crippen LogP) is 2.07. The molecule has 1 aromatic rings. The van der Waals surface area contributed by atoms with Crippen molar-refractivity contribution in [3.8, 4) is 5.75 Å². The number of ether oxygens (including phenoxy) is 1. The fourth-order valence-corrected chi connectivity index (χ4v) is 3.71. The molecule has 7 nitrogen and oxygen atoms in total. The standard InChI is InChI=1S/C19H26N2O5S/c1-4-27-8-7-14(19(24)25)20-18(23)13-10-17(22)21(11-13)15-9-12(2)5-6-16(15)26-3/h5-6,9,13-14H,4,7-8,10-11H2,1-3H3,(H,20,23)(H,24,25). The van der Waals surface area contributed by atoms with Gasteiger partial charge in [-0.1, -0.05) is 13.0 Å². The van der Waals surface area contributed by atoms with Crippen LogP contribution in [0.2, 0.25) is 0 Å². The van der Waals surface area contributed by atoms with E-state index in [0.29, 0.717) is 23.6 Å². The Morgan fingerprint density at radius 1 is 1.44 bits per heavy atom. The zero-order chi connectivity index (χ0) is 20.0. The van der Waals surface area contributed by atoms with Gasteiger partial charge in [0.1, 0.15) is 11.8 Å². The van der Waals surface area contributed by atoms with Gasteiger partial charge in [0.05, 0.1) is 18.7 Å². The first-order valence-electron chi connectivity index (χ1n) is 8.93. The van der Waals surface area contributed by atoms with Gasteiger partial charge in [-0.15, -0.1) is 0 Å². The molecule has 27 heavy (non-hydrogen) atoms. The highest BCUT2D eigenvalue weighted by Crippen LogP contribution is 2.34. The molecule has 1 aliphatic heterocycles. The molecule has 2 amide bonds. The van der Waals surface area contributed by atoms with Crippen LogP contribution in [0, 0.1) is 12.8 Å². The highest BCUT2D eigenvalue weighted by atomic mass is 32.2. The number of carbonyl (C=O) groups excluding carboxylic acids is 2. The maximum absolute atomic E-state index is 12.5. The minimum absolute atomic E-state index is 0.0545. The third-order valence-corrected chi connectivity index (χ3v) is 5.42. The van der Waals surface area contributed by atoms with E-state index >= 15 is 0 Å². The van der Waals surface area contributed by atoms with Crippen LogP contribution in [0.5, 0.6) is 5.75 Å². The Balaban J connectivity index is 2.06. The molecule has 2 atom stereocenters. The van der Waals surface area contributed by atoms with E-state index in [-0.39, 0.29) is 18.9 Å². The predicted molar refractivity (Wildman–Crippen MR) is 105 cm³/mol. The fourth-order valence-electron chi connectivity index (χ4n) is 3.02. The first-order valence-corrected chi connectivity index (χ1v) is 10.1. The van der Waals surface area contributed by atoms with E-state index in [0.717, 1.165) is 11.3 Å². The van der Waals surface area contributed by atoms with E-state index in [2.05, 4.69) is 5.32 Å². The SMILES string of the molecule is CCSCCC(NC(=O)C1CC(=O)N(c2cc(C)ccc2OC)C1)C(=O)O. The van der Waals surface area contributed by atoms with Crippen molar-refractivity contribution < 1.29 is 24.2 Å². The summed E-state index contributed by atoms with van der Waals surface area (Å²) in [7, 11) is 1.53. The first-order chi connectivity index (χ1) is 12.9. The number of benzene rings is 1. The monoisotopic (exact) mass is 394 g/mol. The van der Waals surface area contributed by atoms with Crippen molar-refractivity contribution in [1.82, 2.24) is 5.32 Å². The Hall–Kier alpha value is -2.22. The molecule has 1 saturated heterocycles. The van der Waals surface area contributed by atoms with E-state index in [9.17, 15) is 19.5 Å². The molecule has 0 aromatic heterocycles. The largest absolute Gasteiger partial charge is 0.495 e. The normalized spacial score (nSPS) is 17.7. The Morgan fingerprint density at radius 3 is 2.81 bits per heavy atom. The Labute approximate surface area is 163 Å². The molecule has 0 spiro atoms. The van der Waals surface area contributed by atoms with Crippen LogP contribution in [0.25, 0.3) is 0 Å². The van der Waals surface area contributed by atoms with Gasteiger partial charge in [-0.25, -0.2) is 4.79 Å². The maximum Gasteiger partial charge on any atom is 0.326 e. The summed E-state index contributed by atoms with van der Waals surface area (Å²) in [6.07, 6.45) is 0.411. The number of aryl methyl sites for hydroxylation is 1. The van der Waals surface area contributed by atoms with Crippen molar-refractivity contribution in [1.29, 1.82) is 0 Å². The molecule has 1 heterocycles. The number of rotatable bonds is 9. The van der Waals surface area contributed by atoms with Gasteiger partial charge in [0.2, 0.25) is 11.8 Å². The molecule has 0 radical (unpaired) electrons. The van der Waals surface area contributed by atoms with Gasteiger partial charge in [-0.05, 0) is 42.5 Å². The van der Waals surface area contributed by atoms with Crippen molar-refractivity contribution in [2.24, 2.45) is 5.92 Å². The molecule has 2 N–H and O–H groups in total. The highest BCUT2D eigenvalue weighted by molar-refractivity contribution is 7.99. The smallest absolute Gasteiger partial charge is 0.326 e. The molecule has 1 aromatic carbocycles. The lowest BCUT2D eigenvalue weighted by Gasteiger charge is -2.21. The van der Waals surface area contributed by atoms with Crippen LogP contribution in [-0.2, 0) is 14.4 Å². The lowest BCUT2D eigenvalue weighted by atomic mass is 10.1. The number of hydrogen-bond donors (Lipinski definition) is 2. The molecule has 0 saturated carbocycles. The Morgan fingerprint density at radius 2 is 2.19 bits per heavy atom. The minimum Gasteiger partial charge on any atom is -0.495 e. The molecule has 2 rings (SSSR count). The van der Waals surface area contributed by atoms with E-state index in [1.165, 1.54) is 7.11 Å². The molecule has 2 unspecified atom stereocenters. The number of carbonyl (C=O) groups is 3. The summed E-state index contributed by atoms with van der Waals surface area (Å²) in [5.74, 6) is -0.0897. The summed E-state index contributed by atoms with van der Waals surface area (Å²) in [5, 5.41) is 11.9. The average Bonchev–Trinajstić information content (AvgIpc) is 3.02. The van der Waals surface area contributed by atoms with Crippen molar-refractivity contribution in [2.45, 2.75) is 32.7 Å². The van der Waals surface area contributed by atoms with Crippen LogP contribution in [0.1, 0.15) is 25.3 Å². The molecule has 0 bridgehead atoms. The second kappa shape index (κ2) is 9.64. The van der Waals surface area contributed by atoms with Crippen LogP contribution in [0.4, 0.5) is 5.69 Å². The molecule has 8 heteroatoms.